The zero-order chi connectivity index (χ0) is 16.1. The lowest BCUT2D eigenvalue weighted by Crippen LogP contribution is -2.33. The van der Waals surface area contributed by atoms with Gasteiger partial charge in [-0.3, -0.25) is 0 Å². The van der Waals surface area contributed by atoms with Gasteiger partial charge in [-0.1, -0.05) is 41.9 Å². The summed E-state index contributed by atoms with van der Waals surface area (Å²) < 4.78 is 5.28. The van der Waals surface area contributed by atoms with E-state index in [9.17, 15) is 9.90 Å². The molecule has 1 aromatic carbocycles. The number of aromatic carboxylic acids is 1. The van der Waals surface area contributed by atoms with Crippen molar-refractivity contribution in [1.29, 1.82) is 0 Å². The lowest BCUT2D eigenvalue weighted by atomic mass is 10.1. The number of likely N-dealkylation sites (tertiary alicyclic amines) is 1. The van der Waals surface area contributed by atoms with Crippen LogP contribution in [0.5, 0.6) is 0 Å². The van der Waals surface area contributed by atoms with Crippen LogP contribution in [-0.2, 0) is 0 Å². The van der Waals surface area contributed by atoms with Crippen molar-refractivity contribution in [3.63, 3.8) is 0 Å². The van der Waals surface area contributed by atoms with Gasteiger partial charge in [-0.05, 0) is 25.9 Å². The molecule has 1 aliphatic heterocycles. The van der Waals surface area contributed by atoms with Crippen molar-refractivity contribution < 1.29 is 14.4 Å². The summed E-state index contributed by atoms with van der Waals surface area (Å²) in [5.74, 6) is -0.447. The van der Waals surface area contributed by atoms with E-state index < -0.39 is 5.97 Å². The minimum Gasteiger partial charge on any atom is -0.477 e. The largest absolute Gasteiger partial charge is 0.477 e. The van der Waals surface area contributed by atoms with E-state index in [1.807, 2.05) is 30.3 Å². The smallest absolute Gasteiger partial charge is 0.343 e. The molecule has 0 bridgehead atoms. The number of aromatic nitrogens is 1. The molecule has 0 spiro atoms. The predicted molar refractivity (Wildman–Crippen MR) is 87.7 cm³/mol. The van der Waals surface area contributed by atoms with Crippen LogP contribution in [0.3, 0.4) is 0 Å². The summed E-state index contributed by atoms with van der Waals surface area (Å²) in [6.45, 7) is 3.76. The van der Waals surface area contributed by atoms with E-state index in [0.29, 0.717) is 23.7 Å². The fourth-order valence-electron chi connectivity index (χ4n) is 2.91. The normalized spacial score (nSPS) is 15.5. The van der Waals surface area contributed by atoms with Crippen molar-refractivity contribution in [2.24, 2.45) is 0 Å². The lowest BCUT2D eigenvalue weighted by Gasteiger charge is -2.26. The van der Waals surface area contributed by atoms with Gasteiger partial charge in [-0.2, -0.15) is 0 Å². The van der Waals surface area contributed by atoms with E-state index in [1.54, 1.807) is 0 Å². The molecule has 122 valence electrons. The van der Waals surface area contributed by atoms with Gasteiger partial charge in [0.15, 0.2) is 17.1 Å². The first-order valence-electron chi connectivity index (χ1n) is 8.00. The highest BCUT2D eigenvalue weighted by Gasteiger charge is 2.23. The van der Waals surface area contributed by atoms with Gasteiger partial charge in [0.25, 0.3) is 0 Å². The highest BCUT2D eigenvalue weighted by atomic mass is 16.5. The number of benzene rings is 1. The van der Waals surface area contributed by atoms with Gasteiger partial charge in [0, 0.05) is 18.7 Å². The molecule has 0 saturated carbocycles. The van der Waals surface area contributed by atoms with Gasteiger partial charge in [-0.15, -0.1) is 0 Å². The first kappa shape index (κ1) is 15.6. The first-order valence-corrected chi connectivity index (χ1v) is 8.00. The lowest BCUT2D eigenvalue weighted by molar-refractivity contribution is 0.0698. The van der Waals surface area contributed by atoms with Gasteiger partial charge in [0.1, 0.15) is 0 Å². The minimum absolute atomic E-state index is 0.0924. The van der Waals surface area contributed by atoms with Crippen molar-refractivity contribution >= 4 is 11.8 Å². The van der Waals surface area contributed by atoms with E-state index >= 15 is 0 Å². The second-order valence-electron chi connectivity index (χ2n) is 5.74. The van der Waals surface area contributed by atoms with Gasteiger partial charge in [0.05, 0.1) is 0 Å². The molecule has 2 N–H and O–H groups in total. The van der Waals surface area contributed by atoms with Crippen LogP contribution < -0.4 is 5.32 Å². The first-order chi connectivity index (χ1) is 11.3. The molecular formula is C17H21N3O3. The Balaban J connectivity index is 1.69. The highest BCUT2D eigenvalue weighted by Crippen LogP contribution is 2.29. The SMILES string of the molecule is O=C(O)c1c(NCCN2CCCCC2)noc1-c1ccccc1. The third-order valence-electron chi connectivity index (χ3n) is 4.11. The maximum Gasteiger partial charge on any atom is 0.343 e. The molecule has 1 fully saturated rings. The maximum atomic E-state index is 11.6. The van der Waals surface area contributed by atoms with E-state index in [1.165, 1.54) is 19.3 Å². The van der Waals surface area contributed by atoms with Crippen molar-refractivity contribution in [3.8, 4) is 11.3 Å². The molecule has 6 nitrogen and oxygen atoms in total. The Morgan fingerprint density at radius 2 is 1.96 bits per heavy atom. The summed E-state index contributed by atoms with van der Waals surface area (Å²) in [6, 6.07) is 9.17. The quantitative estimate of drug-likeness (QED) is 0.853. The van der Waals surface area contributed by atoms with Crippen LogP contribution >= 0.6 is 0 Å². The number of piperidine rings is 1. The minimum atomic E-state index is -1.04. The number of hydrogen-bond acceptors (Lipinski definition) is 5. The van der Waals surface area contributed by atoms with Crippen LogP contribution in [-0.4, -0.2) is 47.3 Å². The Bertz CT molecular complexity index is 648. The summed E-state index contributed by atoms with van der Waals surface area (Å²) in [6.07, 6.45) is 3.78. The highest BCUT2D eigenvalue weighted by molar-refractivity contribution is 5.99. The van der Waals surface area contributed by atoms with Crippen LogP contribution in [0.15, 0.2) is 34.9 Å². The van der Waals surface area contributed by atoms with Gasteiger partial charge in [-0.25, -0.2) is 4.79 Å². The van der Waals surface area contributed by atoms with Gasteiger partial charge >= 0.3 is 5.97 Å². The topological polar surface area (TPSA) is 78.6 Å². The zero-order valence-corrected chi connectivity index (χ0v) is 13.0. The summed E-state index contributed by atoms with van der Waals surface area (Å²) in [4.78, 5) is 14.0. The zero-order valence-electron chi connectivity index (χ0n) is 13.0. The van der Waals surface area contributed by atoms with Crippen molar-refractivity contribution in [2.45, 2.75) is 19.3 Å². The molecule has 2 aromatic rings. The Kier molecular flexibility index (Phi) is 4.92. The van der Waals surface area contributed by atoms with Crippen LogP contribution in [0.2, 0.25) is 0 Å². The van der Waals surface area contributed by atoms with E-state index in [0.717, 1.165) is 19.6 Å². The Morgan fingerprint density at radius 1 is 1.22 bits per heavy atom. The molecular weight excluding hydrogens is 294 g/mol. The van der Waals surface area contributed by atoms with Gasteiger partial charge in [0.2, 0.25) is 0 Å². The number of anilines is 1. The number of nitrogens with zero attached hydrogens (tertiary/aromatic N) is 2. The van der Waals surface area contributed by atoms with Crippen molar-refractivity contribution in [3.05, 3.63) is 35.9 Å². The summed E-state index contributed by atoms with van der Waals surface area (Å²) >= 11 is 0. The van der Waals surface area contributed by atoms with E-state index in [2.05, 4.69) is 15.4 Å². The standard InChI is InChI=1S/C17H21N3O3/c21-17(22)14-15(13-7-3-1-4-8-13)23-19-16(14)18-9-12-20-10-5-2-6-11-20/h1,3-4,7-8H,2,5-6,9-12H2,(H,18,19)(H,21,22). The summed E-state index contributed by atoms with van der Waals surface area (Å²) in [5, 5.41) is 16.5. The van der Waals surface area contributed by atoms with E-state index in [4.69, 9.17) is 4.52 Å². The van der Waals surface area contributed by atoms with E-state index in [-0.39, 0.29) is 5.56 Å². The molecule has 6 heteroatoms. The summed E-state index contributed by atoms with van der Waals surface area (Å²) in [5.41, 5.74) is 0.802. The number of carboxylic acids is 1. The number of hydrogen-bond donors (Lipinski definition) is 2. The van der Waals surface area contributed by atoms with Gasteiger partial charge < -0.3 is 19.8 Å². The molecule has 0 unspecified atom stereocenters. The number of carboxylic acid groups (broad SMARTS) is 1. The molecule has 1 aliphatic rings. The predicted octanol–water partition coefficient (Wildman–Crippen LogP) is 2.94. The molecule has 0 amide bonds. The molecule has 1 aromatic heterocycles. The Morgan fingerprint density at radius 3 is 2.65 bits per heavy atom. The third kappa shape index (κ3) is 3.71. The third-order valence-corrected chi connectivity index (χ3v) is 4.11. The number of nitrogens with one attached hydrogen (secondary N) is 1. The second kappa shape index (κ2) is 7.28. The van der Waals surface area contributed by atoms with Crippen LogP contribution in [0, 0.1) is 0 Å². The molecule has 0 radical (unpaired) electrons. The summed E-state index contributed by atoms with van der Waals surface area (Å²) in [7, 11) is 0. The van der Waals surface area contributed by atoms with Crippen LogP contribution in [0.4, 0.5) is 5.82 Å². The molecule has 2 heterocycles. The number of rotatable bonds is 6. The molecule has 23 heavy (non-hydrogen) atoms. The molecule has 0 aliphatic carbocycles. The fraction of sp³-hybridized carbons (Fsp3) is 0.412. The van der Waals surface area contributed by atoms with Crippen molar-refractivity contribution in [1.82, 2.24) is 10.1 Å². The molecule has 1 saturated heterocycles. The molecule has 0 atom stereocenters. The average Bonchev–Trinajstić information content (AvgIpc) is 3.01. The average molecular weight is 315 g/mol. The second-order valence-corrected chi connectivity index (χ2v) is 5.74. The Labute approximate surface area is 135 Å². The van der Waals surface area contributed by atoms with Crippen LogP contribution in [0.25, 0.3) is 11.3 Å². The molecule has 3 rings (SSSR count). The Hall–Kier alpha value is -2.34. The maximum absolute atomic E-state index is 11.6. The monoisotopic (exact) mass is 315 g/mol. The number of carbonyl (C=O) groups is 1. The fourth-order valence-corrected chi connectivity index (χ4v) is 2.91. The van der Waals surface area contributed by atoms with Crippen LogP contribution in [0.1, 0.15) is 29.6 Å². The van der Waals surface area contributed by atoms with Crippen molar-refractivity contribution in [2.75, 3.05) is 31.5 Å².